The van der Waals surface area contributed by atoms with E-state index in [1.165, 1.54) is 27.8 Å². The van der Waals surface area contributed by atoms with Gasteiger partial charge in [0, 0.05) is 57.2 Å². The number of benzene rings is 2. The first-order chi connectivity index (χ1) is 19.1. The van der Waals surface area contributed by atoms with E-state index < -0.39 is 0 Å². The Balaban J connectivity index is 1.21. The van der Waals surface area contributed by atoms with Gasteiger partial charge in [0.25, 0.3) is 0 Å². The third-order valence-corrected chi connectivity index (χ3v) is 8.63. The standard InChI is InChI=1S/C32H40N4O3/c1-22-18-25(30-9-13-36(15-14-35(30)2)20-23-4-6-26(37-3)7-5-23)19-29-31(22)39-21-28-27(8-12-33-32(28)34-29)24-10-16-38-17-11-24/h4-8,12,18-19,24,30H,9-11,13-17,20-21H2,1-3H3,(H,33,34). The average molecular weight is 529 g/mol. The van der Waals surface area contributed by atoms with Gasteiger partial charge in [-0.25, -0.2) is 4.98 Å². The number of pyridine rings is 1. The number of anilines is 2. The molecule has 2 saturated heterocycles. The highest BCUT2D eigenvalue weighted by atomic mass is 16.5. The molecule has 1 atom stereocenters. The van der Waals surface area contributed by atoms with Gasteiger partial charge in [0.05, 0.1) is 12.8 Å². The molecular formula is C32H40N4O3. The lowest BCUT2D eigenvalue weighted by Gasteiger charge is -2.27. The van der Waals surface area contributed by atoms with Crippen molar-refractivity contribution in [1.82, 2.24) is 14.8 Å². The van der Waals surface area contributed by atoms with E-state index in [1.54, 1.807) is 7.11 Å². The van der Waals surface area contributed by atoms with Crippen LogP contribution < -0.4 is 14.8 Å². The Morgan fingerprint density at radius 2 is 1.85 bits per heavy atom. The van der Waals surface area contributed by atoms with Gasteiger partial charge in [-0.05, 0) is 85.7 Å². The molecule has 206 valence electrons. The summed E-state index contributed by atoms with van der Waals surface area (Å²) in [6.07, 6.45) is 5.12. The Morgan fingerprint density at radius 1 is 1.03 bits per heavy atom. The fourth-order valence-corrected chi connectivity index (χ4v) is 6.37. The highest BCUT2D eigenvalue weighted by Gasteiger charge is 2.28. The van der Waals surface area contributed by atoms with Crippen molar-refractivity contribution in [2.75, 3.05) is 52.3 Å². The lowest BCUT2D eigenvalue weighted by Crippen LogP contribution is -2.29. The molecule has 2 aromatic carbocycles. The van der Waals surface area contributed by atoms with E-state index in [4.69, 9.17) is 19.2 Å². The Bertz CT molecular complexity index is 1290. The van der Waals surface area contributed by atoms with Crippen LogP contribution in [-0.4, -0.2) is 61.8 Å². The van der Waals surface area contributed by atoms with Crippen LogP contribution in [0, 0.1) is 6.92 Å². The molecule has 3 aromatic rings. The lowest BCUT2D eigenvalue weighted by atomic mass is 9.89. The summed E-state index contributed by atoms with van der Waals surface area (Å²) in [5, 5.41) is 3.68. The summed E-state index contributed by atoms with van der Waals surface area (Å²) in [7, 11) is 3.97. The summed E-state index contributed by atoms with van der Waals surface area (Å²) >= 11 is 0. The predicted molar refractivity (Wildman–Crippen MR) is 154 cm³/mol. The van der Waals surface area contributed by atoms with Crippen LogP contribution in [0.5, 0.6) is 11.5 Å². The Morgan fingerprint density at radius 3 is 2.64 bits per heavy atom. The molecule has 1 N–H and O–H groups in total. The van der Waals surface area contributed by atoms with E-state index in [0.717, 1.165) is 81.7 Å². The molecule has 3 aliphatic rings. The van der Waals surface area contributed by atoms with Crippen molar-refractivity contribution >= 4 is 11.5 Å². The number of ether oxygens (including phenoxy) is 3. The minimum absolute atomic E-state index is 0.348. The van der Waals surface area contributed by atoms with Crippen LogP contribution in [0.4, 0.5) is 11.5 Å². The highest BCUT2D eigenvalue weighted by Crippen LogP contribution is 2.42. The SMILES string of the molecule is COc1ccc(CN2CCC(c3cc(C)c4c(c3)Nc3nccc(C5CCOCC5)c3CO4)N(C)CC2)cc1. The molecule has 0 spiro atoms. The smallest absolute Gasteiger partial charge is 0.146 e. The van der Waals surface area contributed by atoms with Gasteiger partial charge in [-0.15, -0.1) is 0 Å². The quantitative estimate of drug-likeness (QED) is 0.449. The van der Waals surface area contributed by atoms with E-state index in [0.29, 0.717) is 18.6 Å². The number of rotatable bonds is 5. The molecule has 0 aliphatic carbocycles. The van der Waals surface area contributed by atoms with Crippen molar-refractivity contribution < 1.29 is 14.2 Å². The summed E-state index contributed by atoms with van der Waals surface area (Å²) < 4.78 is 17.4. The molecule has 4 heterocycles. The van der Waals surface area contributed by atoms with Crippen molar-refractivity contribution in [1.29, 1.82) is 0 Å². The Hall–Kier alpha value is -3.13. The van der Waals surface area contributed by atoms with Crippen LogP contribution in [0.15, 0.2) is 48.7 Å². The molecule has 0 amide bonds. The van der Waals surface area contributed by atoms with Gasteiger partial charge in [0.1, 0.15) is 23.9 Å². The average Bonchev–Trinajstić information content (AvgIpc) is 3.27. The number of hydrogen-bond acceptors (Lipinski definition) is 7. The van der Waals surface area contributed by atoms with Crippen molar-refractivity contribution in [3.63, 3.8) is 0 Å². The molecule has 1 aromatic heterocycles. The molecule has 3 aliphatic heterocycles. The van der Waals surface area contributed by atoms with E-state index in [-0.39, 0.29) is 0 Å². The zero-order valence-corrected chi connectivity index (χ0v) is 23.4. The molecule has 0 saturated carbocycles. The monoisotopic (exact) mass is 528 g/mol. The molecule has 7 heteroatoms. The molecule has 0 radical (unpaired) electrons. The van der Waals surface area contributed by atoms with E-state index in [2.05, 4.69) is 71.6 Å². The number of methoxy groups -OCH3 is 1. The van der Waals surface area contributed by atoms with Crippen LogP contribution in [0.1, 0.15) is 59.0 Å². The minimum Gasteiger partial charge on any atom is -0.497 e. The van der Waals surface area contributed by atoms with E-state index in [1.807, 2.05) is 6.20 Å². The van der Waals surface area contributed by atoms with Crippen LogP contribution in [0.2, 0.25) is 0 Å². The molecule has 0 bridgehead atoms. The Labute approximate surface area is 232 Å². The maximum atomic E-state index is 6.47. The maximum absolute atomic E-state index is 6.47. The number of aromatic nitrogens is 1. The number of likely N-dealkylation sites (N-methyl/N-ethyl adjacent to an activating group) is 1. The molecule has 6 rings (SSSR count). The number of aryl methyl sites for hydroxylation is 1. The fraction of sp³-hybridized carbons (Fsp3) is 0.469. The van der Waals surface area contributed by atoms with Gasteiger partial charge < -0.3 is 19.5 Å². The predicted octanol–water partition coefficient (Wildman–Crippen LogP) is 5.81. The first-order valence-corrected chi connectivity index (χ1v) is 14.2. The highest BCUT2D eigenvalue weighted by molar-refractivity contribution is 5.71. The van der Waals surface area contributed by atoms with Crippen molar-refractivity contribution in [2.45, 2.75) is 51.3 Å². The zero-order chi connectivity index (χ0) is 26.8. The topological polar surface area (TPSA) is 59.1 Å². The second kappa shape index (κ2) is 11.5. The number of fused-ring (bicyclic) bond motifs is 2. The molecular weight excluding hydrogens is 488 g/mol. The van der Waals surface area contributed by atoms with Gasteiger partial charge in [-0.2, -0.15) is 0 Å². The van der Waals surface area contributed by atoms with E-state index in [9.17, 15) is 0 Å². The summed E-state index contributed by atoms with van der Waals surface area (Å²) in [6, 6.07) is 15.6. The van der Waals surface area contributed by atoms with Crippen molar-refractivity contribution in [3.05, 3.63) is 76.5 Å². The van der Waals surface area contributed by atoms with Gasteiger partial charge in [0.15, 0.2) is 0 Å². The number of nitrogens with one attached hydrogen (secondary N) is 1. The summed E-state index contributed by atoms with van der Waals surface area (Å²) in [5.41, 5.74) is 7.38. The van der Waals surface area contributed by atoms with Gasteiger partial charge in [0.2, 0.25) is 0 Å². The first-order valence-electron chi connectivity index (χ1n) is 14.2. The third-order valence-electron chi connectivity index (χ3n) is 8.63. The second-order valence-electron chi connectivity index (χ2n) is 11.2. The largest absolute Gasteiger partial charge is 0.497 e. The zero-order valence-electron chi connectivity index (χ0n) is 23.4. The minimum atomic E-state index is 0.348. The molecule has 7 nitrogen and oxygen atoms in total. The normalized spacial score (nSPS) is 20.6. The van der Waals surface area contributed by atoms with Crippen LogP contribution in [0.3, 0.4) is 0 Å². The fourth-order valence-electron chi connectivity index (χ4n) is 6.37. The Kier molecular flexibility index (Phi) is 7.73. The van der Waals surface area contributed by atoms with E-state index >= 15 is 0 Å². The van der Waals surface area contributed by atoms with Crippen molar-refractivity contribution in [2.24, 2.45) is 0 Å². The summed E-state index contributed by atoms with van der Waals surface area (Å²) in [5.74, 6) is 3.27. The van der Waals surface area contributed by atoms with Crippen LogP contribution in [0.25, 0.3) is 0 Å². The second-order valence-corrected chi connectivity index (χ2v) is 11.2. The molecule has 1 unspecified atom stereocenters. The van der Waals surface area contributed by atoms with Crippen LogP contribution in [-0.2, 0) is 17.9 Å². The maximum Gasteiger partial charge on any atom is 0.146 e. The lowest BCUT2D eigenvalue weighted by molar-refractivity contribution is 0.0849. The summed E-state index contributed by atoms with van der Waals surface area (Å²) in [4.78, 5) is 9.81. The van der Waals surface area contributed by atoms with Gasteiger partial charge >= 0.3 is 0 Å². The van der Waals surface area contributed by atoms with Gasteiger partial charge in [-0.1, -0.05) is 18.2 Å². The first kappa shape index (κ1) is 26.1. The third kappa shape index (κ3) is 5.62. The number of nitrogens with zero attached hydrogens (tertiary/aromatic N) is 3. The number of hydrogen-bond donors (Lipinski definition) is 1. The van der Waals surface area contributed by atoms with Crippen LogP contribution >= 0.6 is 0 Å². The molecule has 39 heavy (non-hydrogen) atoms. The van der Waals surface area contributed by atoms with Crippen molar-refractivity contribution in [3.8, 4) is 11.5 Å². The molecule has 2 fully saturated rings. The van der Waals surface area contributed by atoms with Gasteiger partial charge in [-0.3, -0.25) is 9.80 Å². The summed E-state index contributed by atoms with van der Waals surface area (Å²) in [6.45, 7) is 8.45.